The number of methoxy groups -OCH3 is 1. The van der Waals surface area contributed by atoms with Crippen molar-refractivity contribution in [3.8, 4) is 0 Å². The van der Waals surface area contributed by atoms with Crippen LogP contribution in [0.5, 0.6) is 0 Å². The van der Waals surface area contributed by atoms with E-state index in [0.29, 0.717) is 5.02 Å². The third-order valence-electron chi connectivity index (χ3n) is 3.53. The van der Waals surface area contributed by atoms with Crippen molar-refractivity contribution in [2.75, 3.05) is 13.7 Å². The summed E-state index contributed by atoms with van der Waals surface area (Å²) in [5.41, 5.74) is 1.88. The number of esters is 1. The van der Waals surface area contributed by atoms with Crippen LogP contribution in [0.4, 0.5) is 0 Å². The Morgan fingerprint density at radius 2 is 1.74 bits per heavy atom. The molecular formula is C18H18ClNO3. The van der Waals surface area contributed by atoms with Gasteiger partial charge in [0.15, 0.2) is 0 Å². The van der Waals surface area contributed by atoms with Gasteiger partial charge in [-0.2, -0.15) is 0 Å². The third-order valence-corrected chi connectivity index (χ3v) is 3.87. The van der Waals surface area contributed by atoms with Gasteiger partial charge in [0.25, 0.3) is 0 Å². The molecule has 0 bridgehead atoms. The molecule has 120 valence electrons. The largest absolute Gasteiger partial charge is 0.468 e. The van der Waals surface area contributed by atoms with E-state index in [1.165, 1.54) is 7.11 Å². The first-order valence-corrected chi connectivity index (χ1v) is 7.62. The van der Waals surface area contributed by atoms with Crippen molar-refractivity contribution in [3.05, 3.63) is 70.7 Å². The van der Waals surface area contributed by atoms with E-state index in [9.17, 15) is 9.59 Å². The summed E-state index contributed by atoms with van der Waals surface area (Å²) >= 11 is 6.30. The van der Waals surface area contributed by atoms with Gasteiger partial charge in [-0.3, -0.25) is 9.59 Å². The second-order valence-electron chi connectivity index (χ2n) is 5.04. The molecule has 1 N–H and O–H groups in total. The molecule has 0 aliphatic rings. The second-order valence-corrected chi connectivity index (χ2v) is 5.45. The lowest BCUT2D eigenvalue weighted by Gasteiger charge is -2.19. The third kappa shape index (κ3) is 4.83. The van der Waals surface area contributed by atoms with Crippen molar-refractivity contribution in [1.29, 1.82) is 0 Å². The quantitative estimate of drug-likeness (QED) is 0.827. The fourth-order valence-electron chi connectivity index (χ4n) is 2.35. The summed E-state index contributed by atoms with van der Waals surface area (Å²) in [5.74, 6) is -0.890. The molecule has 0 heterocycles. The number of hydrogen-bond donors (Lipinski definition) is 1. The molecule has 2 aromatic rings. The summed E-state index contributed by atoms with van der Waals surface area (Å²) in [6.45, 7) is -0.140. The predicted octanol–water partition coefficient (Wildman–Crippen LogP) is 3.15. The molecule has 5 heteroatoms. The molecule has 0 spiro atoms. The lowest BCUT2D eigenvalue weighted by molar-refractivity contribution is -0.141. The van der Waals surface area contributed by atoms with Gasteiger partial charge in [0, 0.05) is 17.4 Å². The van der Waals surface area contributed by atoms with Crippen LogP contribution < -0.4 is 5.32 Å². The summed E-state index contributed by atoms with van der Waals surface area (Å²) in [4.78, 5) is 23.3. The minimum atomic E-state index is -0.479. The number of amides is 1. The van der Waals surface area contributed by atoms with E-state index in [1.54, 1.807) is 6.07 Å². The summed E-state index contributed by atoms with van der Waals surface area (Å²) in [7, 11) is 1.28. The molecule has 1 atom stereocenters. The van der Waals surface area contributed by atoms with Gasteiger partial charge in [-0.15, -0.1) is 0 Å². The zero-order valence-corrected chi connectivity index (χ0v) is 13.5. The first kappa shape index (κ1) is 17.0. The fourth-order valence-corrected chi connectivity index (χ4v) is 2.62. The Morgan fingerprint density at radius 3 is 2.39 bits per heavy atom. The van der Waals surface area contributed by atoms with Crippen LogP contribution in [-0.2, 0) is 14.3 Å². The standard InChI is InChI=1S/C18H18ClNO3/c1-23-18(22)12-20-17(21)11-15(13-7-3-2-4-8-13)14-9-5-6-10-16(14)19/h2-10,15H,11-12H2,1H3,(H,20,21)/t15-/m1/s1. The number of nitrogens with one attached hydrogen (secondary N) is 1. The van der Waals surface area contributed by atoms with Crippen molar-refractivity contribution >= 4 is 23.5 Å². The van der Waals surface area contributed by atoms with Crippen LogP contribution in [0.1, 0.15) is 23.5 Å². The zero-order valence-electron chi connectivity index (χ0n) is 12.8. The Labute approximate surface area is 140 Å². The number of benzene rings is 2. The van der Waals surface area contributed by atoms with Crippen LogP contribution in [0.2, 0.25) is 5.02 Å². The second kappa shape index (κ2) is 8.34. The highest BCUT2D eigenvalue weighted by Crippen LogP contribution is 2.32. The van der Waals surface area contributed by atoms with Crippen molar-refractivity contribution < 1.29 is 14.3 Å². The van der Waals surface area contributed by atoms with Crippen LogP contribution in [0, 0.1) is 0 Å². The SMILES string of the molecule is COC(=O)CNC(=O)C[C@H](c1ccccc1)c1ccccc1Cl. The van der Waals surface area contributed by atoms with Crippen molar-refractivity contribution in [1.82, 2.24) is 5.32 Å². The summed E-state index contributed by atoms with van der Waals surface area (Å²) in [5, 5.41) is 3.18. The predicted molar refractivity (Wildman–Crippen MR) is 89.4 cm³/mol. The maximum Gasteiger partial charge on any atom is 0.325 e. The van der Waals surface area contributed by atoms with Crippen LogP contribution in [0.25, 0.3) is 0 Å². The Kier molecular flexibility index (Phi) is 6.18. The minimum Gasteiger partial charge on any atom is -0.468 e. The van der Waals surface area contributed by atoms with Crippen LogP contribution in [-0.4, -0.2) is 25.5 Å². The average Bonchev–Trinajstić information content (AvgIpc) is 2.59. The first-order valence-electron chi connectivity index (χ1n) is 7.24. The molecule has 0 saturated carbocycles. The van der Waals surface area contributed by atoms with Crippen molar-refractivity contribution in [2.24, 2.45) is 0 Å². The molecule has 2 aromatic carbocycles. The lowest BCUT2D eigenvalue weighted by Crippen LogP contribution is -2.31. The topological polar surface area (TPSA) is 55.4 Å². The van der Waals surface area contributed by atoms with Crippen molar-refractivity contribution in [3.63, 3.8) is 0 Å². The van der Waals surface area contributed by atoms with E-state index in [-0.39, 0.29) is 24.8 Å². The Hall–Kier alpha value is -2.33. The normalized spacial score (nSPS) is 11.6. The number of hydrogen-bond acceptors (Lipinski definition) is 3. The lowest BCUT2D eigenvalue weighted by atomic mass is 9.88. The van der Waals surface area contributed by atoms with Gasteiger partial charge < -0.3 is 10.1 Å². The molecule has 0 fully saturated rings. The van der Waals surface area contributed by atoms with Gasteiger partial charge in [-0.25, -0.2) is 0 Å². The molecular weight excluding hydrogens is 314 g/mol. The minimum absolute atomic E-state index is 0.140. The fraction of sp³-hybridized carbons (Fsp3) is 0.222. The van der Waals surface area contributed by atoms with Gasteiger partial charge >= 0.3 is 5.97 Å². The van der Waals surface area contributed by atoms with E-state index in [4.69, 9.17) is 11.6 Å². The van der Waals surface area contributed by atoms with Gasteiger partial charge in [0.05, 0.1) is 7.11 Å². The molecule has 0 radical (unpaired) electrons. The molecule has 0 saturated heterocycles. The smallest absolute Gasteiger partial charge is 0.325 e. The summed E-state index contributed by atoms with van der Waals surface area (Å²) in [6.07, 6.45) is 0.199. The molecule has 2 rings (SSSR count). The van der Waals surface area contributed by atoms with Crippen molar-refractivity contribution in [2.45, 2.75) is 12.3 Å². The van der Waals surface area contributed by atoms with E-state index in [1.807, 2.05) is 48.5 Å². The molecule has 4 nitrogen and oxygen atoms in total. The van der Waals surface area contributed by atoms with E-state index in [0.717, 1.165) is 11.1 Å². The molecule has 0 unspecified atom stereocenters. The zero-order chi connectivity index (χ0) is 16.7. The maximum absolute atomic E-state index is 12.2. The van der Waals surface area contributed by atoms with Crippen LogP contribution in [0.15, 0.2) is 54.6 Å². The van der Waals surface area contributed by atoms with E-state index >= 15 is 0 Å². The molecule has 0 aliphatic heterocycles. The first-order chi connectivity index (χ1) is 11.1. The highest BCUT2D eigenvalue weighted by Gasteiger charge is 2.20. The highest BCUT2D eigenvalue weighted by molar-refractivity contribution is 6.31. The van der Waals surface area contributed by atoms with Gasteiger partial charge in [-0.1, -0.05) is 60.1 Å². The maximum atomic E-state index is 12.2. The van der Waals surface area contributed by atoms with E-state index < -0.39 is 5.97 Å². The summed E-state index contributed by atoms with van der Waals surface area (Å²) < 4.78 is 4.52. The molecule has 23 heavy (non-hydrogen) atoms. The Bertz CT molecular complexity index is 673. The van der Waals surface area contributed by atoms with E-state index in [2.05, 4.69) is 10.1 Å². The molecule has 1 amide bonds. The van der Waals surface area contributed by atoms with Gasteiger partial charge in [0.2, 0.25) is 5.91 Å². The Balaban J connectivity index is 2.20. The number of halogens is 1. The Morgan fingerprint density at radius 1 is 1.09 bits per heavy atom. The highest BCUT2D eigenvalue weighted by atomic mass is 35.5. The number of ether oxygens (including phenoxy) is 1. The van der Waals surface area contributed by atoms with Gasteiger partial charge in [-0.05, 0) is 17.2 Å². The van der Waals surface area contributed by atoms with Crippen LogP contribution >= 0.6 is 11.6 Å². The van der Waals surface area contributed by atoms with Crippen LogP contribution in [0.3, 0.4) is 0 Å². The number of carbonyl (C=O) groups is 2. The van der Waals surface area contributed by atoms with Gasteiger partial charge in [0.1, 0.15) is 6.54 Å². The molecule has 0 aromatic heterocycles. The average molecular weight is 332 g/mol. The number of rotatable bonds is 6. The number of carbonyl (C=O) groups excluding carboxylic acids is 2. The summed E-state index contributed by atoms with van der Waals surface area (Å²) in [6, 6.07) is 17.1. The molecule has 0 aliphatic carbocycles. The monoisotopic (exact) mass is 331 g/mol.